The first-order valence-electron chi connectivity index (χ1n) is 13.5. The predicted molar refractivity (Wildman–Crippen MR) is 150 cm³/mol. The molecule has 1 fully saturated rings. The fourth-order valence-electron chi connectivity index (χ4n) is 5.10. The van der Waals surface area contributed by atoms with Crippen molar-refractivity contribution in [1.82, 2.24) is 24.1 Å². The van der Waals surface area contributed by atoms with Gasteiger partial charge in [-0.2, -0.15) is 4.31 Å². The van der Waals surface area contributed by atoms with E-state index in [1.165, 1.54) is 17.1 Å². The van der Waals surface area contributed by atoms with Crippen LogP contribution in [-0.2, 0) is 23.0 Å². The van der Waals surface area contributed by atoms with Crippen molar-refractivity contribution in [3.05, 3.63) is 60.4 Å². The SMILES string of the molecule is CC(C)CN(C[C@H](O)[C@H](Cc1ccccc1)NC(=O)O)S(=O)(=O)c1ccc2ncn(CCN3CCCC3)c2c1. The molecule has 4 rings (SSSR count). The fraction of sp³-hybridized carbons (Fsp3) is 0.500. The molecule has 2 aromatic carbocycles. The van der Waals surface area contributed by atoms with Gasteiger partial charge in [-0.05, 0) is 62.0 Å². The summed E-state index contributed by atoms with van der Waals surface area (Å²) in [6, 6.07) is 13.2. The number of hydrogen-bond acceptors (Lipinski definition) is 6. The van der Waals surface area contributed by atoms with E-state index in [0.29, 0.717) is 0 Å². The number of aromatic nitrogens is 2. The molecule has 11 heteroatoms. The highest BCUT2D eigenvalue weighted by molar-refractivity contribution is 7.89. The van der Waals surface area contributed by atoms with Crippen molar-refractivity contribution in [2.24, 2.45) is 5.92 Å². The molecule has 0 aliphatic carbocycles. The molecule has 2 heterocycles. The molecule has 3 aromatic rings. The largest absolute Gasteiger partial charge is 0.465 e. The van der Waals surface area contributed by atoms with Crippen LogP contribution in [0, 0.1) is 5.92 Å². The van der Waals surface area contributed by atoms with Gasteiger partial charge < -0.3 is 25.0 Å². The van der Waals surface area contributed by atoms with Gasteiger partial charge in [0.2, 0.25) is 10.0 Å². The Bertz CT molecular complexity index is 1340. The highest BCUT2D eigenvalue weighted by Gasteiger charge is 2.31. The van der Waals surface area contributed by atoms with Crippen LogP contribution in [0.25, 0.3) is 11.0 Å². The van der Waals surface area contributed by atoms with E-state index >= 15 is 0 Å². The van der Waals surface area contributed by atoms with Crippen molar-refractivity contribution >= 4 is 27.1 Å². The summed E-state index contributed by atoms with van der Waals surface area (Å²) in [6.07, 6.45) is 1.85. The number of carbonyl (C=O) groups is 1. The first-order chi connectivity index (χ1) is 18.6. The highest BCUT2D eigenvalue weighted by atomic mass is 32.2. The van der Waals surface area contributed by atoms with E-state index in [2.05, 4.69) is 15.2 Å². The molecule has 1 aliphatic rings. The zero-order valence-electron chi connectivity index (χ0n) is 22.6. The van der Waals surface area contributed by atoms with Gasteiger partial charge >= 0.3 is 6.09 Å². The molecule has 0 radical (unpaired) electrons. The summed E-state index contributed by atoms with van der Waals surface area (Å²) >= 11 is 0. The number of nitrogens with zero attached hydrogens (tertiary/aromatic N) is 4. The molecular formula is C28H39N5O5S. The van der Waals surface area contributed by atoms with Gasteiger partial charge in [-0.3, -0.25) is 0 Å². The van der Waals surface area contributed by atoms with Crippen molar-refractivity contribution < 1.29 is 23.4 Å². The molecule has 39 heavy (non-hydrogen) atoms. The summed E-state index contributed by atoms with van der Waals surface area (Å²) in [5.74, 6) is -0.0123. The lowest BCUT2D eigenvalue weighted by Crippen LogP contribution is -2.50. The Kier molecular flexibility index (Phi) is 9.60. The second-order valence-corrected chi connectivity index (χ2v) is 12.6. The van der Waals surface area contributed by atoms with Gasteiger partial charge in [-0.15, -0.1) is 0 Å². The first-order valence-corrected chi connectivity index (χ1v) is 15.0. The molecule has 0 unspecified atom stereocenters. The number of likely N-dealkylation sites (tertiary alicyclic amines) is 1. The second-order valence-electron chi connectivity index (χ2n) is 10.7. The van der Waals surface area contributed by atoms with Crippen molar-refractivity contribution in [2.45, 2.75) is 56.7 Å². The molecular weight excluding hydrogens is 518 g/mol. The van der Waals surface area contributed by atoms with Crippen LogP contribution in [0.3, 0.4) is 0 Å². The van der Waals surface area contributed by atoms with Crippen LogP contribution in [0.1, 0.15) is 32.3 Å². The lowest BCUT2D eigenvalue weighted by Gasteiger charge is -2.30. The fourth-order valence-corrected chi connectivity index (χ4v) is 6.75. The van der Waals surface area contributed by atoms with Crippen LogP contribution in [0.5, 0.6) is 0 Å². The Balaban J connectivity index is 1.57. The van der Waals surface area contributed by atoms with Crippen LogP contribution >= 0.6 is 0 Å². The Hall–Kier alpha value is -2.99. The number of aliphatic hydroxyl groups is 1. The van der Waals surface area contributed by atoms with Gasteiger partial charge in [0.25, 0.3) is 0 Å². The molecule has 1 aromatic heterocycles. The first kappa shape index (κ1) is 29.0. The summed E-state index contributed by atoms with van der Waals surface area (Å²) in [5, 5.41) is 22.9. The number of amides is 1. The number of imidazole rings is 1. The Labute approximate surface area is 230 Å². The van der Waals surface area contributed by atoms with Gasteiger partial charge in [-0.1, -0.05) is 44.2 Å². The standard InChI is InChI=1S/C28H39N5O5S/c1-21(2)18-33(19-27(34)25(30-28(35)36)16-22-8-4-3-5-9-22)39(37,38)23-10-11-24-26(17-23)32(20-29-24)15-14-31-12-6-7-13-31/h3-5,8-11,17,20-21,25,27,30,34H,6-7,12-16,18-19H2,1-2H3,(H,35,36)/t25-,27-/m0/s1. The smallest absolute Gasteiger partial charge is 0.404 e. The maximum Gasteiger partial charge on any atom is 0.404 e. The molecule has 1 saturated heterocycles. The zero-order chi connectivity index (χ0) is 28.0. The van der Waals surface area contributed by atoms with E-state index in [1.54, 1.807) is 24.5 Å². The summed E-state index contributed by atoms with van der Waals surface area (Å²) in [5.41, 5.74) is 2.30. The highest BCUT2D eigenvalue weighted by Crippen LogP contribution is 2.24. The van der Waals surface area contributed by atoms with Gasteiger partial charge in [0.05, 0.1) is 34.4 Å². The van der Waals surface area contributed by atoms with E-state index in [9.17, 15) is 23.4 Å². The molecule has 212 valence electrons. The van der Waals surface area contributed by atoms with Crippen LogP contribution in [0.2, 0.25) is 0 Å². The van der Waals surface area contributed by atoms with E-state index in [1.807, 2.05) is 48.7 Å². The van der Waals surface area contributed by atoms with Crippen LogP contribution in [0.15, 0.2) is 59.8 Å². The van der Waals surface area contributed by atoms with Crippen LogP contribution < -0.4 is 5.32 Å². The number of sulfonamides is 1. The van der Waals surface area contributed by atoms with Gasteiger partial charge in [0.1, 0.15) is 0 Å². The minimum atomic E-state index is -4.00. The normalized spacial score (nSPS) is 16.2. The van der Waals surface area contributed by atoms with Gasteiger partial charge in [0, 0.05) is 26.2 Å². The maximum atomic E-state index is 13.9. The lowest BCUT2D eigenvalue weighted by molar-refractivity contribution is 0.0980. The molecule has 0 spiro atoms. The number of rotatable bonds is 13. The summed E-state index contributed by atoms with van der Waals surface area (Å²) in [4.78, 5) is 18.5. The van der Waals surface area contributed by atoms with Crippen molar-refractivity contribution in [2.75, 3.05) is 32.7 Å². The summed E-state index contributed by atoms with van der Waals surface area (Å²) in [7, 11) is -4.00. The van der Waals surface area contributed by atoms with E-state index in [4.69, 9.17) is 0 Å². The van der Waals surface area contributed by atoms with Crippen LogP contribution in [0.4, 0.5) is 4.79 Å². The van der Waals surface area contributed by atoms with E-state index in [-0.39, 0.29) is 30.3 Å². The third-order valence-electron chi connectivity index (χ3n) is 7.12. The van der Waals surface area contributed by atoms with Gasteiger partial charge in [-0.25, -0.2) is 18.2 Å². The topological polar surface area (TPSA) is 128 Å². The molecule has 2 atom stereocenters. The molecule has 1 amide bonds. The predicted octanol–water partition coefficient (Wildman–Crippen LogP) is 3.02. The molecule has 0 bridgehead atoms. The van der Waals surface area contributed by atoms with Crippen molar-refractivity contribution in [3.8, 4) is 0 Å². The second kappa shape index (κ2) is 12.9. The Morgan fingerprint density at radius 3 is 2.46 bits per heavy atom. The van der Waals surface area contributed by atoms with Crippen molar-refractivity contribution in [3.63, 3.8) is 0 Å². The minimum Gasteiger partial charge on any atom is -0.465 e. The molecule has 0 saturated carbocycles. The van der Waals surface area contributed by atoms with Gasteiger partial charge in [0.15, 0.2) is 0 Å². The van der Waals surface area contributed by atoms with E-state index < -0.39 is 28.3 Å². The quantitative estimate of drug-likeness (QED) is 0.295. The van der Waals surface area contributed by atoms with Crippen molar-refractivity contribution in [1.29, 1.82) is 0 Å². The zero-order valence-corrected chi connectivity index (χ0v) is 23.4. The third-order valence-corrected chi connectivity index (χ3v) is 8.94. The van der Waals surface area contributed by atoms with E-state index in [0.717, 1.165) is 42.8 Å². The Morgan fingerprint density at radius 2 is 1.79 bits per heavy atom. The van der Waals surface area contributed by atoms with Crippen LogP contribution in [-0.4, -0.2) is 88.3 Å². The molecule has 3 N–H and O–H groups in total. The number of hydrogen-bond donors (Lipinski definition) is 3. The summed E-state index contributed by atoms with van der Waals surface area (Å²) in [6.45, 7) is 7.51. The minimum absolute atomic E-state index is 0.0123. The number of benzene rings is 2. The number of aliphatic hydroxyl groups excluding tert-OH is 1. The average Bonchev–Trinajstić information content (AvgIpc) is 3.56. The molecule has 10 nitrogen and oxygen atoms in total. The molecule has 1 aliphatic heterocycles. The number of carboxylic acid groups (broad SMARTS) is 1. The number of fused-ring (bicyclic) bond motifs is 1. The number of nitrogens with one attached hydrogen (secondary N) is 1. The maximum absolute atomic E-state index is 13.9. The summed E-state index contributed by atoms with van der Waals surface area (Å²) < 4.78 is 31.0. The monoisotopic (exact) mass is 557 g/mol. The average molecular weight is 558 g/mol. The lowest BCUT2D eigenvalue weighted by atomic mass is 10.0. The third kappa shape index (κ3) is 7.57. The Morgan fingerprint density at radius 1 is 1.08 bits per heavy atom.